The molecule has 3 N–H and O–H groups in total. The van der Waals surface area contributed by atoms with Gasteiger partial charge < -0.3 is 30.0 Å². The zero-order chi connectivity index (χ0) is 29.2. The Bertz CT molecular complexity index is 1220. The Kier molecular flexibility index (Phi) is 10.6. The van der Waals surface area contributed by atoms with Crippen molar-refractivity contribution in [3.8, 4) is 5.75 Å². The predicted molar refractivity (Wildman–Crippen MR) is 143 cm³/mol. The van der Waals surface area contributed by atoms with E-state index in [1.807, 2.05) is 13.0 Å². The number of hydrogen-bond acceptors (Lipinski definition) is 9. The molecule has 214 valence electrons. The summed E-state index contributed by atoms with van der Waals surface area (Å²) in [4.78, 5) is 63.2. The SMILES string of the molecule is CCCCC1C(=O)OC(C)C(NC(=O)c2cccc(NC=O)c2O)C(=O)OC(C)C1OC(=O)Cc1ccccc1. The summed E-state index contributed by atoms with van der Waals surface area (Å²) in [5.41, 5.74) is 0.492. The Balaban J connectivity index is 1.85. The number of carbonyl (C=O) groups excluding carboxylic acids is 5. The number of anilines is 1. The topological polar surface area (TPSA) is 157 Å². The molecule has 1 saturated heterocycles. The van der Waals surface area contributed by atoms with Crippen molar-refractivity contribution < 1.29 is 43.3 Å². The van der Waals surface area contributed by atoms with Gasteiger partial charge >= 0.3 is 17.9 Å². The number of benzene rings is 2. The van der Waals surface area contributed by atoms with Gasteiger partial charge in [-0.05, 0) is 38.0 Å². The molecule has 5 unspecified atom stereocenters. The lowest BCUT2D eigenvalue weighted by molar-refractivity contribution is -0.174. The molecule has 11 heteroatoms. The number of amides is 2. The normalized spacial score (nSPS) is 22.9. The molecule has 0 bridgehead atoms. The zero-order valence-corrected chi connectivity index (χ0v) is 22.6. The summed E-state index contributed by atoms with van der Waals surface area (Å²) < 4.78 is 17.0. The Labute approximate surface area is 232 Å². The third kappa shape index (κ3) is 7.58. The molecular formula is C29H34N2O9. The van der Waals surface area contributed by atoms with Gasteiger partial charge in [0.15, 0.2) is 17.9 Å². The van der Waals surface area contributed by atoms with E-state index in [0.29, 0.717) is 19.3 Å². The van der Waals surface area contributed by atoms with Gasteiger partial charge in [-0.25, -0.2) is 4.79 Å². The Morgan fingerprint density at radius 2 is 1.70 bits per heavy atom. The highest BCUT2D eigenvalue weighted by Gasteiger charge is 2.43. The average Bonchev–Trinajstić information content (AvgIpc) is 2.94. The minimum atomic E-state index is -1.44. The second-order valence-corrected chi connectivity index (χ2v) is 9.56. The van der Waals surface area contributed by atoms with Crippen molar-refractivity contribution in [2.45, 2.75) is 70.8 Å². The molecule has 0 aromatic heterocycles. The molecule has 1 fully saturated rings. The van der Waals surface area contributed by atoms with Crippen LogP contribution in [-0.4, -0.2) is 59.7 Å². The highest BCUT2D eigenvalue weighted by molar-refractivity contribution is 6.01. The summed E-state index contributed by atoms with van der Waals surface area (Å²) in [6.45, 7) is 4.89. The van der Waals surface area contributed by atoms with Crippen LogP contribution >= 0.6 is 0 Å². The van der Waals surface area contributed by atoms with Gasteiger partial charge in [-0.1, -0.05) is 56.2 Å². The standard InChI is InChI=1S/C29H34N2O9/c1-4-5-12-21-26(40-23(33)15-19-10-7-6-8-11-19)18(3)39-29(37)24(17(2)38-28(21)36)31-27(35)20-13-9-14-22(25(20)34)30-16-32/h6-11,13-14,16-18,21,24,26,34H,4-5,12,15H2,1-3H3,(H,30,32)(H,31,35). The number of phenols is 1. The molecule has 2 amide bonds. The first-order valence-corrected chi connectivity index (χ1v) is 13.1. The average molecular weight is 555 g/mol. The summed E-state index contributed by atoms with van der Waals surface area (Å²) in [6, 6.07) is 11.6. The van der Waals surface area contributed by atoms with E-state index in [2.05, 4.69) is 10.6 Å². The van der Waals surface area contributed by atoms with Crippen LogP contribution in [0.5, 0.6) is 5.75 Å². The second-order valence-electron chi connectivity index (χ2n) is 9.56. The first-order valence-electron chi connectivity index (χ1n) is 13.1. The maximum atomic E-state index is 13.3. The molecule has 1 aliphatic rings. The molecular weight excluding hydrogens is 520 g/mol. The number of unbranched alkanes of at least 4 members (excludes halogenated alkanes) is 1. The quantitative estimate of drug-likeness (QED) is 0.174. The van der Waals surface area contributed by atoms with E-state index in [-0.39, 0.29) is 17.7 Å². The van der Waals surface area contributed by atoms with E-state index in [1.165, 1.54) is 32.0 Å². The van der Waals surface area contributed by atoms with Crippen LogP contribution in [0.15, 0.2) is 48.5 Å². The smallest absolute Gasteiger partial charge is 0.332 e. The number of phenolic OH excluding ortho intramolecular Hbond substituents is 1. The predicted octanol–water partition coefficient (Wildman–Crippen LogP) is 2.90. The van der Waals surface area contributed by atoms with Crippen molar-refractivity contribution in [3.05, 3.63) is 59.7 Å². The van der Waals surface area contributed by atoms with E-state index in [9.17, 15) is 29.1 Å². The fraction of sp³-hybridized carbons (Fsp3) is 0.414. The Hall–Kier alpha value is -4.41. The highest BCUT2D eigenvalue weighted by Crippen LogP contribution is 2.29. The van der Waals surface area contributed by atoms with Crippen molar-refractivity contribution >= 4 is 35.9 Å². The lowest BCUT2D eigenvalue weighted by Gasteiger charge is -2.29. The summed E-state index contributed by atoms with van der Waals surface area (Å²) in [5, 5.41) is 15.1. The first kappa shape index (κ1) is 30.1. The highest BCUT2D eigenvalue weighted by atomic mass is 16.6. The van der Waals surface area contributed by atoms with Gasteiger partial charge in [-0.3, -0.25) is 19.2 Å². The molecule has 1 heterocycles. The lowest BCUT2D eigenvalue weighted by Crippen LogP contribution is -2.50. The number of cyclic esters (lactones) is 2. The number of carbonyl (C=O) groups is 5. The van der Waals surface area contributed by atoms with Gasteiger partial charge in [0.25, 0.3) is 5.91 Å². The molecule has 11 nitrogen and oxygen atoms in total. The van der Waals surface area contributed by atoms with Gasteiger partial charge in [-0.15, -0.1) is 0 Å². The molecule has 3 rings (SSSR count). The van der Waals surface area contributed by atoms with Crippen molar-refractivity contribution in [2.24, 2.45) is 5.92 Å². The number of nitrogens with one attached hydrogen (secondary N) is 2. The minimum absolute atomic E-state index is 0.00767. The number of rotatable bonds is 10. The molecule has 0 aliphatic carbocycles. The van der Waals surface area contributed by atoms with Crippen molar-refractivity contribution in [2.75, 3.05) is 5.32 Å². The third-order valence-electron chi connectivity index (χ3n) is 6.60. The minimum Gasteiger partial charge on any atom is -0.505 e. The van der Waals surface area contributed by atoms with Crippen molar-refractivity contribution in [1.29, 1.82) is 0 Å². The van der Waals surface area contributed by atoms with Crippen molar-refractivity contribution in [3.63, 3.8) is 0 Å². The molecule has 2 aromatic carbocycles. The monoisotopic (exact) mass is 554 g/mol. The number of para-hydroxylation sites is 1. The summed E-state index contributed by atoms with van der Waals surface area (Å²) in [5.74, 6) is -4.48. The molecule has 5 atom stereocenters. The van der Waals surface area contributed by atoms with Gasteiger partial charge in [0, 0.05) is 0 Å². The molecule has 2 aromatic rings. The van der Waals surface area contributed by atoms with E-state index >= 15 is 0 Å². The van der Waals surface area contributed by atoms with Crippen LogP contribution in [-0.2, 0) is 39.8 Å². The Morgan fingerprint density at radius 3 is 2.38 bits per heavy atom. The fourth-order valence-electron chi connectivity index (χ4n) is 4.46. The van der Waals surface area contributed by atoms with Crippen LogP contribution in [0.3, 0.4) is 0 Å². The van der Waals surface area contributed by atoms with E-state index in [4.69, 9.17) is 14.2 Å². The van der Waals surface area contributed by atoms with E-state index < -0.39 is 59.8 Å². The van der Waals surface area contributed by atoms with Gasteiger partial charge in [-0.2, -0.15) is 0 Å². The number of hydrogen-bond donors (Lipinski definition) is 3. The number of aromatic hydroxyl groups is 1. The fourth-order valence-corrected chi connectivity index (χ4v) is 4.46. The van der Waals surface area contributed by atoms with Crippen LogP contribution < -0.4 is 10.6 Å². The lowest BCUT2D eigenvalue weighted by atomic mass is 9.92. The van der Waals surface area contributed by atoms with Crippen LogP contribution in [0.4, 0.5) is 5.69 Å². The maximum absolute atomic E-state index is 13.3. The third-order valence-corrected chi connectivity index (χ3v) is 6.60. The summed E-state index contributed by atoms with van der Waals surface area (Å²) >= 11 is 0. The van der Waals surface area contributed by atoms with Crippen LogP contribution in [0.1, 0.15) is 56.0 Å². The maximum Gasteiger partial charge on any atom is 0.332 e. The van der Waals surface area contributed by atoms with Gasteiger partial charge in [0.05, 0.1) is 23.6 Å². The first-order chi connectivity index (χ1) is 19.2. The van der Waals surface area contributed by atoms with Gasteiger partial charge in [0.2, 0.25) is 6.41 Å². The molecule has 0 spiro atoms. The molecule has 40 heavy (non-hydrogen) atoms. The largest absolute Gasteiger partial charge is 0.505 e. The zero-order valence-electron chi connectivity index (χ0n) is 22.6. The van der Waals surface area contributed by atoms with Crippen LogP contribution in [0, 0.1) is 5.92 Å². The van der Waals surface area contributed by atoms with E-state index in [1.54, 1.807) is 24.3 Å². The summed E-state index contributed by atoms with van der Waals surface area (Å²) in [7, 11) is 0. The number of esters is 3. The molecule has 1 aliphatic heterocycles. The number of ether oxygens (including phenoxy) is 3. The van der Waals surface area contributed by atoms with Crippen LogP contribution in [0.25, 0.3) is 0 Å². The Morgan fingerprint density at radius 1 is 1.00 bits per heavy atom. The molecule has 0 radical (unpaired) electrons. The second kappa shape index (κ2) is 14.1. The van der Waals surface area contributed by atoms with E-state index in [0.717, 1.165) is 12.0 Å². The van der Waals surface area contributed by atoms with Gasteiger partial charge in [0.1, 0.15) is 12.2 Å². The van der Waals surface area contributed by atoms with Crippen LogP contribution in [0.2, 0.25) is 0 Å². The summed E-state index contributed by atoms with van der Waals surface area (Å²) in [6.07, 6.45) is -1.29. The molecule has 0 saturated carbocycles. The van der Waals surface area contributed by atoms with Crippen molar-refractivity contribution in [1.82, 2.24) is 5.32 Å².